The van der Waals surface area contributed by atoms with Gasteiger partial charge in [0.05, 0.1) is 0 Å². The van der Waals surface area contributed by atoms with Gasteiger partial charge in [0.25, 0.3) is 0 Å². The quantitative estimate of drug-likeness (QED) is 0.833. The van der Waals surface area contributed by atoms with E-state index in [4.69, 9.17) is 9.52 Å². The van der Waals surface area contributed by atoms with Gasteiger partial charge in [0, 0.05) is 11.8 Å². The zero-order chi connectivity index (χ0) is 11.6. The molecule has 0 fully saturated rings. The Morgan fingerprint density at radius 1 is 1.47 bits per heavy atom. The van der Waals surface area contributed by atoms with Crippen molar-refractivity contribution in [1.29, 1.82) is 0 Å². The summed E-state index contributed by atoms with van der Waals surface area (Å²) < 4.78 is 5.60. The molecule has 0 atom stereocenters. The van der Waals surface area contributed by atoms with Crippen LogP contribution in [-0.2, 0) is 11.8 Å². The van der Waals surface area contributed by atoms with E-state index in [0.29, 0.717) is 17.7 Å². The lowest BCUT2D eigenvalue weighted by atomic mass is 9.93. The summed E-state index contributed by atoms with van der Waals surface area (Å²) in [5.74, 6) is 0.427. The highest BCUT2D eigenvalue weighted by Crippen LogP contribution is 2.28. The minimum absolute atomic E-state index is 0.143. The van der Waals surface area contributed by atoms with Crippen molar-refractivity contribution in [2.24, 2.45) is 0 Å². The van der Waals surface area contributed by atoms with Crippen LogP contribution in [-0.4, -0.2) is 11.1 Å². The Morgan fingerprint density at radius 3 is 2.47 bits per heavy atom. The fraction of sp³-hybridized carbons (Fsp3) is 0.583. The van der Waals surface area contributed by atoms with E-state index >= 15 is 0 Å². The largest absolute Gasteiger partial charge is 0.478 e. The predicted molar refractivity (Wildman–Crippen MR) is 58.4 cm³/mol. The first kappa shape index (κ1) is 11.8. The van der Waals surface area contributed by atoms with Crippen LogP contribution < -0.4 is 0 Å². The molecule has 0 spiro atoms. The molecule has 0 aliphatic heterocycles. The number of hydrogen-bond donors (Lipinski definition) is 1. The van der Waals surface area contributed by atoms with Gasteiger partial charge in [-0.1, -0.05) is 27.7 Å². The Labute approximate surface area is 90.1 Å². The summed E-state index contributed by atoms with van der Waals surface area (Å²) in [5, 5.41) is 9.01. The van der Waals surface area contributed by atoms with Crippen LogP contribution in [0.2, 0.25) is 0 Å². The van der Waals surface area contributed by atoms with Gasteiger partial charge in [-0.2, -0.15) is 0 Å². The second-order valence-corrected chi connectivity index (χ2v) is 4.75. The van der Waals surface area contributed by atoms with Crippen molar-refractivity contribution in [1.82, 2.24) is 0 Å². The Hall–Kier alpha value is -1.25. The summed E-state index contributed by atoms with van der Waals surface area (Å²) in [4.78, 5) is 11.0. The van der Waals surface area contributed by atoms with Gasteiger partial charge < -0.3 is 9.52 Å². The Balaban J connectivity index is 3.15. The lowest BCUT2D eigenvalue weighted by Crippen LogP contribution is -2.09. The third-order valence-corrected chi connectivity index (χ3v) is 2.26. The second kappa shape index (κ2) is 4.09. The molecule has 0 amide bonds. The minimum Gasteiger partial charge on any atom is -0.478 e. The van der Waals surface area contributed by atoms with Crippen LogP contribution in [0.25, 0.3) is 0 Å². The number of hydrogen-bond acceptors (Lipinski definition) is 2. The lowest BCUT2D eigenvalue weighted by molar-refractivity contribution is 0.0694. The molecule has 1 aromatic heterocycles. The molecule has 0 unspecified atom stereocenters. The van der Waals surface area contributed by atoms with E-state index in [9.17, 15) is 4.79 Å². The van der Waals surface area contributed by atoms with Crippen LogP contribution >= 0.6 is 0 Å². The van der Waals surface area contributed by atoms with Gasteiger partial charge in [-0.05, 0) is 12.5 Å². The zero-order valence-corrected chi connectivity index (χ0v) is 9.76. The first-order valence-electron chi connectivity index (χ1n) is 5.22. The lowest BCUT2D eigenvalue weighted by Gasteiger charge is -2.13. The Kier molecular flexibility index (Phi) is 3.22. The van der Waals surface area contributed by atoms with Gasteiger partial charge in [-0.25, -0.2) is 4.79 Å². The number of rotatable bonds is 3. The van der Waals surface area contributed by atoms with E-state index < -0.39 is 5.97 Å². The first-order chi connectivity index (χ1) is 6.86. The maximum atomic E-state index is 11.0. The van der Waals surface area contributed by atoms with Gasteiger partial charge in [-0.3, -0.25) is 0 Å². The molecule has 1 heterocycles. The average Bonchev–Trinajstić information content (AvgIpc) is 2.48. The fourth-order valence-electron chi connectivity index (χ4n) is 1.39. The number of carbonyl (C=O) groups is 1. The van der Waals surface area contributed by atoms with Crippen LogP contribution in [0.5, 0.6) is 0 Å². The van der Waals surface area contributed by atoms with Gasteiger partial charge >= 0.3 is 5.97 Å². The molecule has 0 radical (unpaired) electrons. The normalized spacial score (nSPS) is 11.7. The van der Waals surface area contributed by atoms with Crippen molar-refractivity contribution < 1.29 is 14.3 Å². The van der Waals surface area contributed by atoms with Crippen molar-refractivity contribution in [3.63, 3.8) is 0 Å². The van der Waals surface area contributed by atoms with E-state index in [2.05, 4.69) is 0 Å². The summed E-state index contributed by atoms with van der Waals surface area (Å²) in [6, 6.07) is 1.65. The van der Waals surface area contributed by atoms with Crippen molar-refractivity contribution in [3.8, 4) is 0 Å². The molecule has 0 saturated carbocycles. The molecule has 1 aromatic rings. The maximum absolute atomic E-state index is 11.0. The summed E-state index contributed by atoms with van der Waals surface area (Å²) in [7, 11) is 0. The molecular formula is C12H18O3. The monoisotopic (exact) mass is 210 g/mol. The molecule has 3 nitrogen and oxygen atoms in total. The SMILES string of the molecule is CCCc1oc(C(C)(C)C)cc1C(=O)O. The molecule has 1 rings (SSSR count). The van der Waals surface area contributed by atoms with Crippen LogP contribution in [0.15, 0.2) is 10.5 Å². The smallest absolute Gasteiger partial charge is 0.339 e. The molecule has 1 N–H and O–H groups in total. The second-order valence-electron chi connectivity index (χ2n) is 4.75. The van der Waals surface area contributed by atoms with Crippen LogP contribution in [0.4, 0.5) is 0 Å². The highest BCUT2D eigenvalue weighted by atomic mass is 16.4. The van der Waals surface area contributed by atoms with E-state index in [1.807, 2.05) is 27.7 Å². The molecule has 0 aliphatic rings. The van der Waals surface area contributed by atoms with Crippen molar-refractivity contribution in [2.45, 2.75) is 46.0 Å². The third kappa shape index (κ3) is 2.61. The number of furan rings is 1. The van der Waals surface area contributed by atoms with Gasteiger partial charge in [0.1, 0.15) is 17.1 Å². The Morgan fingerprint density at radius 2 is 2.07 bits per heavy atom. The van der Waals surface area contributed by atoms with Crippen molar-refractivity contribution in [3.05, 3.63) is 23.2 Å². The van der Waals surface area contributed by atoms with E-state index in [-0.39, 0.29) is 5.41 Å². The molecule has 3 heteroatoms. The summed E-state index contributed by atoms with van der Waals surface area (Å²) >= 11 is 0. The average molecular weight is 210 g/mol. The summed E-state index contributed by atoms with van der Waals surface area (Å²) in [6.45, 7) is 8.03. The molecule has 0 aliphatic carbocycles. The maximum Gasteiger partial charge on any atom is 0.339 e. The highest BCUT2D eigenvalue weighted by molar-refractivity contribution is 5.89. The van der Waals surface area contributed by atoms with E-state index in [1.165, 1.54) is 0 Å². The fourth-order valence-corrected chi connectivity index (χ4v) is 1.39. The van der Waals surface area contributed by atoms with Gasteiger partial charge in [0.15, 0.2) is 0 Å². The summed E-state index contributed by atoms with van der Waals surface area (Å²) in [6.07, 6.45) is 1.56. The molecule has 0 aromatic carbocycles. The van der Waals surface area contributed by atoms with Crippen molar-refractivity contribution in [2.75, 3.05) is 0 Å². The number of aryl methyl sites for hydroxylation is 1. The molecule has 15 heavy (non-hydrogen) atoms. The van der Waals surface area contributed by atoms with E-state index in [0.717, 1.165) is 12.2 Å². The molecule has 84 valence electrons. The van der Waals surface area contributed by atoms with E-state index in [1.54, 1.807) is 6.07 Å². The van der Waals surface area contributed by atoms with Crippen LogP contribution in [0, 0.1) is 0 Å². The third-order valence-electron chi connectivity index (χ3n) is 2.26. The zero-order valence-electron chi connectivity index (χ0n) is 9.76. The molecule has 0 saturated heterocycles. The van der Waals surface area contributed by atoms with Gasteiger partial charge in [0.2, 0.25) is 0 Å². The van der Waals surface area contributed by atoms with Crippen LogP contribution in [0.3, 0.4) is 0 Å². The minimum atomic E-state index is -0.905. The first-order valence-corrected chi connectivity index (χ1v) is 5.22. The number of carboxylic acid groups (broad SMARTS) is 1. The van der Waals surface area contributed by atoms with Crippen LogP contribution in [0.1, 0.15) is 56.0 Å². The highest BCUT2D eigenvalue weighted by Gasteiger charge is 2.23. The number of aromatic carboxylic acids is 1. The predicted octanol–water partition coefficient (Wildman–Crippen LogP) is 3.23. The molecular weight excluding hydrogens is 192 g/mol. The van der Waals surface area contributed by atoms with Gasteiger partial charge in [-0.15, -0.1) is 0 Å². The van der Waals surface area contributed by atoms with Crippen molar-refractivity contribution >= 4 is 5.97 Å². The standard InChI is InChI=1S/C12H18O3/c1-5-6-9-8(11(13)14)7-10(15-9)12(2,3)4/h7H,5-6H2,1-4H3,(H,13,14). The Bertz CT molecular complexity index is 355. The number of carboxylic acids is 1. The molecule has 0 bridgehead atoms. The summed E-state index contributed by atoms with van der Waals surface area (Å²) in [5.41, 5.74) is 0.165. The topological polar surface area (TPSA) is 50.4 Å².